The molecule has 0 aromatic heterocycles. The van der Waals surface area contributed by atoms with Gasteiger partial charge in [-0.1, -0.05) is 37.8 Å². The average molecular weight is 346 g/mol. The summed E-state index contributed by atoms with van der Waals surface area (Å²) in [5.41, 5.74) is 2.46. The Bertz CT molecular complexity index is 645. The van der Waals surface area contributed by atoms with Crippen molar-refractivity contribution in [2.75, 3.05) is 0 Å². The summed E-state index contributed by atoms with van der Waals surface area (Å²) in [6.07, 6.45) is 6.90. The lowest BCUT2D eigenvalue weighted by Gasteiger charge is -2.05. The molecule has 0 saturated carbocycles. The highest BCUT2D eigenvalue weighted by Gasteiger charge is 2.16. The second-order valence-corrected chi connectivity index (χ2v) is 6.73. The van der Waals surface area contributed by atoms with Crippen molar-refractivity contribution in [1.29, 1.82) is 0 Å². The van der Waals surface area contributed by atoms with Gasteiger partial charge in [0.05, 0.1) is 5.02 Å². The SMILES string of the molecule is CCCCCC/C=N/NC(=O)c1ccc(Cl)c(S(N)(=O)=O)c1. The van der Waals surface area contributed by atoms with E-state index in [2.05, 4.69) is 17.5 Å². The second kappa shape index (κ2) is 8.87. The van der Waals surface area contributed by atoms with Gasteiger partial charge in [0, 0.05) is 11.8 Å². The van der Waals surface area contributed by atoms with Crippen LogP contribution in [0.15, 0.2) is 28.2 Å². The molecule has 1 aromatic carbocycles. The van der Waals surface area contributed by atoms with E-state index in [-0.39, 0.29) is 15.5 Å². The van der Waals surface area contributed by atoms with Crippen molar-refractivity contribution in [2.24, 2.45) is 10.2 Å². The van der Waals surface area contributed by atoms with E-state index < -0.39 is 15.9 Å². The molecule has 0 heterocycles. The molecule has 0 fully saturated rings. The Labute approximate surface area is 135 Å². The Morgan fingerprint density at radius 1 is 1.36 bits per heavy atom. The molecule has 0 bridgehead atoms. The van der Waals surface area contributed by atoms with Crippen LogP contribution in [-0.2, 0) is 10.0 Å². The van der Waals surface area contributed by atoms with E-state index in [1.54, 1.807) is 6.21 Å². The van der Waals surface area contributed by atoms with Gasteiger partial charge in [0.1, 0.15) is 4.90 Å². The van der Waals surface area contributed by atoms with Gasteiger partial charge in [-0.05, 0) is 31.0 Å². The van der Waals surface area contributed by atoms with Crippen molar-refractivity contribution in [1.82, 2.24) is 5.43 Å². The number of nitrogens with two attached hydrogens (primary N) is 1. The summed E-state index contributed by atoms with van der Waals surface area (Å²) >= 11 is 5.75. The van der Waals surface area contributed by atoms with Crippen LogP contribution in [0.4, 0.5) is 0 Å². The molecular weight excluding hydrogens is 326 g/mol. The zero-order valence-corrected chi connectivity index (χ0v) is 14.0. The topological polar surface area (TPSA) is 102 Å². The number of sulfonamides is 1. The Balaban J connectivity index is 2.61. The number of carbonyl (C=O) groups is 1. The number of rotatable bonds is 8. The number of hydrogen-bond acceptors (Lipinski definition) is 4. The van der Waals surface area contributed by atoms with Crippen molar-refractivity contribution in [2.45, 2.75) is 43.9 Å². The molecule has 8 heteroatoms. The number of primary sulfonamides is 1. The summed E-state index contributed by atoms with van der Waals surface area (Å²) in [5, 5.41) is 8.82. The minimum Gasteiger partial charge on any atom is -0.267 e. The fraction of sp³-hybridized carbons (Fsp3) is 0.429. The van der Waals surface area contributed by atoms with Gasteiger partial charge in [-0.3, -0.25) is 4.79 Å². The van der Waals surface area contributed by atoms with Gasteiger partial charge in [0.2, 0.25) is 10.0 Å². The van der Waals surface area contributed by atoms with Gasteiger partial charge in [-0.2, -0.15) is 5.10 Å². The number of amides is 1. The first kappa shape index (κ1) is 18.6. The van der Waals surface area contributed by atoms with Crippen LogP contribution in [0.1, 0.15) is 49.4 Å². The summed E-state index contributed by atoms with van der Waals surface area (Å²) in [7, 11) is -3.98. The summed E-state index contributed by atoms with van der Waals surface area (Å²) in [6.45, 7) is 2.14. The quantitative estimate of drug-likeness (QED) is 0.430. The average Bonchev–Trinajstić information content (AvgIpc) is 2.45. The number of nitrogens with zero attached hydrogens (tertiary/aromatic N) is 1. The van der Waals surface area contributed by atoms with E-state index in [0.29, 0.717) is 0 Å². The highest BCUT2D eigenvalue weighted by molar-refractivity contribution is 7.89. The van der Waals surface area contributed by atoms with Gasteiger partial charge in [0.25, 0.3) is 5.91 Å². The molecule has 0 saturated heterocycles. The van der Waals surface area contributed by atoms with Crippen LogP contribution in [0.3, 0.4) is 0 Å². The molecule has 6 nitrogen and oxygen atoms in total. The molecule has 1 aromatic rings. The number of unbranched alkanes of at least 4 members (excludes halogenated alkanes) is 4. The number of halogens is 1. The molecule has 0 radical (unpaired) electrons. The summed E-state index contributed by atoms with van der Waals surface area (Å²) in [5.74, 6) is -0.522. The normalized spacial score (nSPS) is 11.8. The largest absolute Gasteiger partial charge is 0.271 e. The molecule has 1 rings (SSSR count). The fourth-order valence-corrected chi connectivity index (χ4v) is 2.83. The summed E-state index contributed by atoms with van der Waals surface area (Å²) in [6, 6.07) is 3.84. The van der Waals surface area contributed by atoms with Crippen molar-refractivity contribution in [3.05, 3.63) is 28.8 Å². The molecule has 0 aliphatic carbocycles. The number of carbonyl (C=O) groups excluding carboxylic acids is 1. The van der Waals surface area contributed by atoms with E-state index >= 15 is 0 Å². The number of benzene rings is 1. The lowest BCUT2D eigenvalue weighted by molar-refractivity contribution is 0.0955. The Morgan fingerprint density at radius 3 is 2.73 bits per heavy atom. The zero-order chi connectivity index (χ0) is 16.6. The van der Waals surface area contributed by atoms with Crippen LogP contribution in [0.25, 0.3) is 0 Å². The third-order valence-electron chi connectivity index (χ3n) is 2.94. The van der Waals surface area contributed by atoms with Crippen LogP contribution < -0.4 is 10.6 Å². The standard InChI is InChI=1S/C14H20ClN3O3S/c1-2-3-4-5-6-9-17-18-14(19)11-7-8-12(15)13(10-11)22(16,20)21/h7-10H,2-6H2,1H3,(H,18,19)(H2,16,20,21)/b17-9+. The van der Waals surface area contributed by atoms with Crippen molar-refractivity contribution in [3.8, 4) is 0 Å². The smallest absolute Gasteiger partial charge is 0.267 e. The summed E-state index contributed by atoms with van der Waals surface area (Å²) < 4.78 is 22.7. The number of hydrazone groups is 1. The molecule has 0 aliphatic rings. The zero-order valence-electron chi connectivity index (χ0n) is 12.4. The van der Waals surface area contributed by atoms with E-state index in [0.717, 1.165) is 31.7 Å². The molecule has 0 spiro atoms. The van der Waals surface area contributed by atoms with E-state index in [4.69, 9.17) is 16.7 Å². The Morgan fingerprint density at radius 2 is 2.09 bits per heavy atom. The van der Waals surface area contributed by atoms with Crippen molar-refractivity contribution < 1.29 is 13.2 Å². The van der Waals surface area contributed by atoms with Crippen LogP contribution in [0, 0.1) is 0 Å². The maximum absolute atomic E-state index is 11.9. The maximum Gasteiger partial charge on any atom is 0.271 e. The van der Waals surface area contributed by atoms with Gasteiger partial charge in [-0.25, -0.2) is 19.0 Å². The van der Waals surface area contributed by atoms with Crippen LogP contribution >= 0.6 is 11.6 Å². The third-order valence-corrected chi connectivity index (χ3v) is 4.34. The fourth-order valence-electron chi connectivity index (χ4n) is 1.76. The third kappa shape index (κ3) is 6.13. The molecule has 0 atom stereocenters. The molecule has 1 amide bonds. The van der Waals surface area contributed by atoms with Crippen molar-refractivity contribution >= 4 is 33.7 Å². The van der Waals surface area contributed by atoms with Gasteiger partial charge < -0.3 is 0 Å². The highest BCUT2D eigenvalue weighted by Crippen LogP contribution is 2.21. The first-order valence-corrected chi connectivity index (χ1v) is 8.93. The number of hydrogen-bond donors (Lipinski definition) is 2. The predicted octanol–water partition coefficient (Wildman–Crippen LogP) is 2.67. The lowest BCUT2D eigenvalue weighted by atomic mass is 10.2. The Hall–Kier alpha value is -1.44. The van der Waals surface area contributed by atoms with E-state index in [1.165, 1.54) is 18.6 Å². The molecule has 122 valence electrons. The van der Waals surface area contributed by atoms with Crippen LogP contribution in [-0.4, -0.2) is 20.5 Å². The van der Waals surface area contributed by atoms with E-state index in [1.807, 2.05) is 0 Å². The molecule has 0 unspecified atom stereocenters. The summed E-state index contributed by atoms with van der Waals surface area (Å²) in [4.78, 5) is 11.6. The minimum atomic E-state index is -3.98. The first-order chi connectivity index (χ1) is 10.4. The second-order valence-electron chi connectivity index (χ2n) is 4.79. The minimum absolute atomic E-state index is 0.0292. The van der Waals surface area contributed by atoms with E-state index in [9.17, 15) is 13.2 Å². The number of nitrogens with one attached hydrogen (secondary N) is 1. The molecule has 22 heavy (non-hydrogen) atoms. The van der Waals surface area contributed by atoms with Gasteiger partial charge in [-0.15, -0.1) is 0 Å². The lowest BCUT2D eigenvalue weighted by Crippen LogP contribution is -2.19. The van der Waals surface area contributed by atoms with Gasteiger partial charge in [0.15, 0.2) is 0 Å². The first-order valence-electron chi connectivity index (χ1n) is 7.00. The van der Waals surface area contributed by atoms with Crippen LogP contribution in [0.2, 0.25) is 5.02 Å². The van der Waals surface area contributed by atoms with Crippen LogP contribution in [0.5, 0.6) is 0 Å². The van der Waals surface area contributed by atoms with Gasteiger partial charge >= 0.3 is 0 Å². The molecule has 0 aliphatic heterocycles. The molecular formula is C14H20ClN3O3S. The Kier molecular flexibility index (Phi) is 7.50. The monoisotopic (exact) mass is 345 g/mol. The van der Waals surface area contributed by atoms with Crippen molar-refractivity contribution in [3.63, 3.8) is 0 Å². The highest BCUT2D eigenvalue weighted by atomic mass is 35.5. The molecule has 3 N–H and O–H groups in total. The maximum atomic E-state index is 11.9. The predicted molar refractivity (Wildman–Crippen MR) is 87.5 cm³/mol.